The molecule has 1 saturated carbocycles. The van der Waals surface area contributed by atoms with Crippen LogP contribution in [0, 0.1) is 5.92 Å². The molecule has 1 saturated heterocycles. The van der Waals surface area contributed by atoms with Crippen LogP contribution in [0.15, 0.2) is 42.9 Å². The molecule has 1 aliphatic carbocycles. The number of imidazole rings is 1. The molecule has 2 aliphatic rings. The predicted octanol–water partition coefficient (Wildman–Crippen LogP) is 1.69. The highest BCUT2D eigenvalue weighted by Crippen LogP contribution is 2.58. The predicted molar refractivity (Wildman–Crippen MR) is 64.3 cm³/mol. The average Bonchev–Trinajstić information content (AvgIpc) is 2.80. The summed E-state index contributed by atoms with van der Waals surface area (Å²) in [6.07, 6.45) is 4.60. The van der Waals surface area contributed by atoms with Gasteiger partial charge >= 0.3 is 5.97 Å². The molecule has 2 atom stereocenters. The molecule has 0 amide bonds. The number of carbonyl (C=O) groups excluding carboxylic acids is 1. The van der Waals surface area contributed by atoms with Crippen molar-refractivity contribution in [2.45, 2.75) is 11.8 Å². The largest absolute Gasteiger partial charge is 0.465 e. The van der Waals surface area contributed by atoms with Gasteiger partial charge in [0.2, 0.25) is 0 Å². The lowest BCUT2D eigenvalue weighted by Crippen LogP contribution is -2.19. The minimum atomic E-state index is -0.431. The Kier molecular flexibility index (Phi) is 1.77. The zero-order valence-electron chi connectivity index (χ0n) is 9.74. The normalized spacial score (nSPS) is 28.9. The van der Waals surface area contributed by atoms with Crippen molar-refractivity contribution in [1.29, 1.82) is 0 Å². The molecule has 2 fully saturated rings. The number of hydrogen-bond donors (Lipinski definition) is 0. The van der Waals surface area contributed by atoms with Crippen LogP contribution in [0.5, 0.6) is 0 Å². The van der Waals surface area contributed by atoms with Crippen LogP contribution in [-0.2, 0) is 14.9 Å². The smallest absolute Gasteiger partial charge is 0.318 e. The van der Waals surface area contributed by atoms with Gasteiger partial charge in [-0.3, -0.25) is 4.79 Å². The highest BCUT2D eigenvalue weighted by atomic mass is 16.5. The van der Waals surface area contributed by atoms with Gasteiger partial charge in [0.15, 0.2) is 0 Å². The number of rotatable bonds is 2. The second-order valence-corrected chi connectivity index (χ2v) is 4.97. The first kappa shape index (κ1) is 9.88. The monoisotopic (exact) mass is 240 g/mol. The number of cyclic esters (lactones) is 1. The number of ether oxygens (including phenoxy) is 1. The number of esters is 1. The van der Waals surface area contributed by atoms with Gasteiger partial charge in [0, 0.05) is 17.8 Å². The maximum absolute atomic E-state index is 11.8. The number of hydrogen-bond acceptors (Lipinski definition) is 3. The van der Waals surface area contributed by atoms with Gasteiger partial charge in [-0.15, -0.1) is 0 Å². The van der Waals surface area contributed by atoms with Gasteiger partial charge in [-0.2, -0.15) is 0 Å². The molecule has 0 spiro atoms. The van der Waals surface area contributed by atoms with Crippen molar-refractivity contribution >= 4 is 5.97 Å². The fraction of sp³-hybridized carbons (Fsp3) is 0.286. The Labute approximate surface area is 104 Å². The zero-order valence-corrected chi connectivity index (χ0v) is 9.74. The third-order valence-electron chi connectivity index (χ3n) is 3.98. The first-order valence-electron chi connectivity index (χ1n) is 6.08. The molecule has 1 unspecified atom stereocenters. The Balaban J connectivity index is 1.74. The van der Waals surface area contributed by atoms with E-state index >= 15 is 0 Å². The molecule has 0 radical (unpaired) electrons. The van der Waals surface area contributed by atoms with Crippen LogP contribution in [0.1, 0.15) is 12.1 Å². The summed E-state index contributed by atoms with van der Waals surface area (Å²) in [4.78, 5) is 16.2. The van der Waals surface area contributed by atoms with Crippen LogP contribution in [0.4, 0.5) is 0 Å². The second kappa shape index (κ2) is 3.22. The minimum Gasteiger partial charge on any atom is -0.465 e. The molecule has 2 aromatic rings. The van der Waals surface area contributed by atoms with Crippen LogP contribution < -0.4 is 0 Å². The number of fused-ring (bicyclic) bond motifs is 1. The summed E-state index contributed by atoms with van der Waals surface area (Å²) in [6, 6.07) is 9.97. The quantitative estimate of drug-likeness (QED) is 0.750. The fourth-order valence-corrected chi connectivity index (χ4v) is 2.80. The Morgan fingerprint density at radius 1 is 1.33 bits per heavy atom. The molecule has 4 heteroatoms. The van der Waals surface area contributed by atoms with Crippen molar-refractivity contribution in [2.24, 2.45) is 5.92 Å². The van der Waals surface area contributed by atoms with E-state index in [9.17, 15) is 4.79 Å². The van der Waals surface area contributed by atoms with Gasteiger partial charge in [-0.1, -0.05) is 18.2 Å². The molecular formula is C14H12N2O2. The van der Waals surface area contributed by atoms with E-state index in [2.05, 4.69) is 4.98 Å². The molecule has 1 aliphatic heterocycles. The topological polar surface area (TPSA) is 44.1 Å². The summed E-state index contributed by atoms with van der Waals surface area (Å²) in [5.41, 5.74) is 1.47. The summed E-state index contributed by atoms with van der Waals surface area (Å²) in [6.45, 7) is 0.553. The Hall–Kier alpha value is -2.10. The van der Waals surface area contributed by atoms with Gasteiger partial charge in [-0.05, 0) is 18.6 Å². The standard InChI is InChI=1S/C14H12N2O2/c17-13-14(6-10(14)8-18-13)12-7-16(9-15-12)11-4-2-1-3-5-11/h1-5,7,9-10H,6,8H2/t10-,14?/m1/s1. The summed E-state index contributed by atoms with van der Waals surface area (Å²) >= 11 is 0. The van der Waals surface area contributed by atoms with E-state index in [-0.39, 0.29) is 5.97 Å². The van der Waals surface area contributed by atoms with Crippen molar-refractivity contribution in [3.63, 3.8) is 0 Å². The minimum absolute atomic E-state index is 0.106. The van der Waals surface area contributed by atoms with Crippen molar-refractivity contribution in [3.8, 4) is 5.69 Å². The highest BCUT2D eigenvalue weighted by Gasteiger charge is 2.68. The lowest BCUT2D eigenvalue weighted by Gasteiger charge is -2.05. The van der Waals surface area contributed by atoms with Crippen LogP contribution >= 0.6 is 0 Å². The van der Waals surface area contributed by atoms with Gasteiger partial charge in [-0.25, -0.2) is 4.98 Å². The van der Waals surface area contributed by atoms with Crippen LogP contribution in [0.25, 0.3) is 5.69 Å². The number of benzene rings is 1. The number of nitrogens with zero attached hydrogens (tertiary/aromatic N) is 2. The molecule has 18 heavy (non-hydrogen) atoms. The van der Waals surface area contributed by atoms with Gasteiger partial charge in [0.25, 0.3) is 0 Å². The van der Waals surface area contributed by atoms with Gasteiger partial charge < -0.3 is 9.30 Å². The maximum atomic E-state index is 11.8. The number of carbonyl (C=O) groups is 1. The first-order chi connectivity index (χ1) is 8.80. The summed E-state index contributed by atoms with van der Waals surface area (Å²) in [5.74, 6) is 0.231. The molecule has 90 valence electrons. The zero-order chi connectivity index (χ0) is 12.2. The molecule has 4 nitrogen and oxygen atoms in total. The number of aromatic nitrogens is 2. The Morgan fingerprint density at radius 2 is 2.17 bits per heavy atom. The second-order valence-electron chi connectivity index (χ2n) is 4.97. The SMILES string of the molecule is O=C1OC[C@H]2CC12c1cn(-c2ccccc2)cn1. The molecule has 1 aromatic carbocycles. The summed E-state index contributed by atoms with van der Waals surface area (Å²) < 4.78 is 7.05. The maximum Gasteiger partial charge on any atom is 0.318 e. The lowest BCUT2D eigenvalue weighted by atomic mass is 10.0. The van der Waals surface area contributed by atoms with Crippen LogP contribution in [0.3, 0.4) is 0 Å². The Morgan fingerprint density at radius 3 is 2.83 bits per heavy atom. The first-order valence-corrected chi connectivity index (χ1v) is 6.08. The lowest BCUT2D eigenvalue weighted by molar-refractivity contribution is -0.142. The third-order valence-corrected chi connectivity index (χ3v) is 3.98. The van der Waals surface area contributed by atoms with E-state index in [4.69, 9.17) is 4.74 Å². The summed E-state index contributed by atoms with van der Waals surface area (Å²) in [7, 11) is 0. The third kappa shape index (κ3) is 1.15. The molecule has 1 aromatic heterocycles. The van der Waals surface area contributed by atoms with Crippen LogP contribution in [0.2, 0.25) is 0 Å². The Bertz CT molecular complexity index is 620. The number of para-hydroxylation sites is 1. The van der Waals surface area contributed by atoms with Gasteiger partial charge in [0.05, 0.1) is 18.6 Å². The molecule has 0 bridgehead atoms. The molecule has 2 heterocycles. The van der Waals surface area contributed by atoms with E-state index in [1.807, 2.05) is 41.1 Å². The van der Waals surface area contributed by atoms with Crippen LogP contribution in [-0.4, -0.2) is 22.1 Å². The molecular weight excluding hydrogens is 228 g/mol. The molecule has 0 N–H and O–H groups in total. The van der Waals surface area contributed by atoms with Crippen molar-refractivity contribution in [1.82, 2.24) is 9.55 Å². The fourth-order valence-electron chi connectivity index (χ4n) is 2.80. The highest BCUT2D eigenvalue weighted by molar-refractivity contribution is 5.89. The van der Waals surface area contributed by atoms with Crippen molar-refractivity contribution in [3.05, 3.63) is 48.5 Å². The summed E-state index contributed by atoms with van der Waals surface area (Å²) in [5, 5.41) is 0. The van der Waals surface area contributed by atoms with E-state index < -0.39 is 5.41 Å². The van der Waals surface area contributed by atoms with Crippen molar-refractivity contribution < 1.29 is 9.53 Å². The average molecular weight is 240 g/mol. The van der Waals surface area contributed by atoms with E-state index in [1.165, 1.54) is 0 Å². The van der Waals surface area contributed by atoms with E-state index in [1.54, 1.807) is 6.33 Å². The van der Waals surface area contributed by atoms with E-state index in [0.29, 0.717) is 12.5 Å². The van der Waals surface area contributed by atoms with E-state index in [0.717, 1.165) is 17.8 Å². The molecule has 4 rings (SSSR count). The van der Waals surface area contributed by atoms with Gasteiger partial charge in [0.1, 0.15) is 5.41 Å². The van der Waals surface area contributed by atoms with Crippen molar-refractivity contribution in [2.75, 3.05) is 6.61 Å².